The zero-order valence-electron chi connectivity index (χ0n) is 14.7. The van der Waals surface area contributed by atoms with E-state index in [1.54, 1.807) is 0 Å². The van der Waals surface area contributed by atoms with Crippen LogP contribution >= 0.6 is 11.3 Å². The predicted molar refractivity (Wildman–Crippen MR) is 96.2 cm³/mol. The molecule has 0 saturated heterocycles. The van der Waals surface area contributed by atoms with Gasteiger partial charge in [0, 0.05) is 17.7 Å². The molecule has 6 nitrogen and oxygen atoms in total. The molecule has 1 aliphatic rings. The number of carbonyl (C=O) groups is 3. The number of ether oxygens (including phenoxy) is 1. The Morgan fingerprint density at radius 3 is 2.76 bits per heavy atom. The molecular weight excluding hydrogens is 342 g/mol. The zero-order chi connectivity index (χ0) is 18.4. The van der Waals surface area contributed by atoms with Crippen molar-refractivity contribution in [3.8, 4) is 0 Å². The van der Waals surface area contributed by atoms with Crippen LogP contribution < -0.4 is 5.32 Å². The Hall–Kier alpha value is -1.89. The molecule has 0 aliphatic heterocycles. The second kappa shape index (κ2) is 8.99. The standard InChI is InChI=1S/C18H25NO5S/c1-3-9-24-18(23)16-12-8-7-11(2)10-13(12)25-17(16)19-14(20)5-4-6-15(21)22/h11H,3-10H2,1-2H3,(H,19,20)(H,21,22). The molecule has 1 amide bonds. The molecule has 1 unspecified atom stereocenters. The van der Waals surface area contributed by atoms with Crippen molar-refractivity contribution in [1.82, 2.24) is 0 Å². The fraction of sp³-hybridized carbons (Fsp3) is 0.611. The molecule has 0 bridgehead atoms. The predicted octanol–water partition coefficient (Wildman–Crippen LogP) is 3.63. The monoisotopic (exact) mass is 367 g/mol. The number of carboxylic acids is 1. The minimum Gasteiger partial charge on any atom is -0.481 e. The number of thiophene rings is 1. The number of anilines is 1. The summed E-state index contributed by atoms with van der Waals surface area (Å²) in [7, 11) is 0. The van der Waals surface area contributed by atoms with Crippen molar-refractivity contribution < 1.29 is 24.2 Å². The maximum Gasteiger partial charge on any atom is 0.341 e. The number of hydrogen-bond donors (Lipinski definition) is 2. The van der Waals surface area contributed by atoms with E-state index in [0.29, 0.717) is 23.1 Å². The lowest BCUT2D eigenvalue weighted by Gasteiger charge is -2.18. The number of carboxylic acid groups (broad SMARTS) is 1. The molecule has 25 heavy (non-hydrogen) atoms. The fourth-order valence-corrected chi connectivity index (χ4v) is 4.33. The van der Waals surface area contributed by atoms with Gasteiger partial charge >= 0.3 is 11.9 Å². The molecule has 2 N–H and O–H groups in total. The number of esters is 1. The van der Waals surface area contributed by atoms with Crippen molar-refractivity contribution in [2.75, 3.05) is 11.9 Å². The van der Waals surface area contributed by atoms with Crippen molar-refractivity contribution in [1.29, 1.82) is 0 Å². The van der Waals surface area contributed by atoms with E-state index in [1.807, 2.05) is 6.92 Å². The van der Waals surface area contributed by atoms with E-state index in [0.717, 1.165) is 36.1 Å². The van der Waals surface area contributed by atoms with Crippen molar-refractivity contribution in [3.05, 3.63) is 16.0 Å². The van der Waals surface area contributed by atoms with E-state index in [-0.39, 0.29) is 31.1 Å². The van der Waals surface area contributed by atoms with Crippen LogP contribution in [-0.4, -0.2) is 29.6 Å². The van der Waals surface area contributed by atoms with Crippen LogP contribution in [0, 0.1) is 5.92 Å². The molecule has 1 aromatic heterocycles. The highest BCUT2D eigenvalue weighted by Crippen LogP contribution is 2.40. The summed E-state index contributed by atoms with van der Waals surface area (Å²) in [6, 6.07) is 0. The summed E-state index contributed by atoms with van der Waals surface area (Å²) in [5.74, 6) is -1.01. The topological polar surface area (TPSA) is 92.7 Å². The number of fused-ring (bicyclic) bond motifs is 1. The van der Waals surface area contributed by atoms with Gasteiger partial charge in [0.05, 0.1) is 12.2 Å². The second-order valence-electron chi connectivity index (χ2n) is 6.49. The van der Waals surface area contributed by atoms with Gasteiger partial charge in [-0.1, -0.05) is 13.8 Å². The van der Waals surface area contributed by atoms with E-state index in [1.165, 1.54) is 11.3 Å². The van der Waals surface area contributed by atoms with Crippen LogP contribution in [0.2, 0.25) is 0 Å². The van der Waals surface area contributed by atoms with Gasteiger partial charge in [0.15, 0.2) is 0 Å². The van der Waals surface area contributed by atoms with Gasteiger partial charge in [0.25, 0.3) is 0 Å². The Morgan fingerprint density at radius 1 is 1.32 bits per heavy atom. The number of amides is 1. The first-order valence-corrected chi connectivity index (χ1v) is 9.57. The maximum atomic E-state index is 12.5. The van der Waals surface area contributed by atoms with Gasteiger partial charge in [-0.05, 0) is 43.6 Å². The van der Waals surface area contributed by atoms with Gasteiger partial charge in [-0.3, -0.25) is 9.59 Å². The SMILES string of the molecule is CCCOC(=O)c1c(NC(=O)CCCC(=O)O)sc2c1CCC(C)C2. The second-order valence-corrected chi connectivity index (χ2v) is 7.59. The van der Waals surface area contributed by atoms with E-state index >= 15 is 0 Å². The molecule has 1 aromatic rings. The summed E-state index contributed by atoms with van der Waals surface area (Å²) >= 11 is 1.45. The summed E-state index contributed by atoms with van der Waals surface area (Å²) in [5.41, 5.74) is 1.50. The lowest BCUT2D eigenvalue weighted by Crippen LogP contribution is -2.17. The third-order valence-corrected chi connectivity index (χ3v) is 5.37. The summed E-state index contributed by atoms with van der Waals surface area (Å²) in [4.78, 5) is 36.3. The van der Waals surface area contributed by atoms with E-state index in [9.17, 15) is 14.4 Å². The maximum absolute atomic E-state index is 12.5. The van der Waals surface area contributed by atoms with Crippen LogP contribution in [0.4, 0.5) is 5.00 Å². The Labute approximate surface area is 151 Å². The average Bonchev–Trinajstić information content (AvgIpc) is 2.88. The highest BCUT2D eigenvalue weighted by Gasteiger charge is 2.29. The molecule has 0 aromatic carbocycles. The smallest absolute Gasteiger partial charge is 0.341 e. The molecular formula is C18H25NO5S. The quantitative estimate of drug-likeness (QED) is 0.684. The van der Waals surface area contributed by atoms with Crippen LogP contribution in [0.1, 0.15) is 66.8 Å². The Balaban J connectivity index is 2.16. The molecule has 0 spiro atoms. The van der Waals surface area contributed by atoms with Gasteiger partial charge in [-0.15, -0.1) is 11.3 Å². The number of rotatable bonds is 8. The zero-order valence-corrected chi connectivity index (χ0v) is 15.5. The Bertz CT molecular complexity index is 652. The number of nitrogens with one attached hydrogen (secondary N) is 1. The van der Waals surface area contributed by atoms with E-state index in [2.05, 4.69) is 12.2 Å². The summed E-state index contributed by atoms with van der Waals surface area (Å²) in [6.07, 6.45) is 3.84. The minimum atomic E-state index is -0.919. The Kier molecular flexibility index (Phi) is 6.99. The van der Waals surface area contributed by atoms with Crippen molar-refractivity contribution >= 4 is 34.2 Å². The molecule has 1 atom stereocenters. The van der Waals surface area contributed by atoms with Crippen LogP contribution in [0.3, 0.4) is 0 Å². The average molecular weight is 367 g/mol. The van der Waals surface area contributed by atoms with Gasteiger partial charge in [0.2, 0.25) is 5.91 Å². The van der Waals surface area contributed by atoms with Crippen LogP contribution in [-0.2, 0) is 27.2 Å². The third kappa shape index (κ3) is 5.29. The number of carbonyl (C=O) groups excluding carboxylic acids is 2. The highest BCUT2D eigenvalue weighted by molar-refractivity contribution is 7.17. The molecule has 1 heterocycles. The van der Waals surface area contributed by atoms with Crippen molar-refractivity contribution in [2.45, 2.75) is 58.8 Å². The van der Waals surface area contributed by atoms with E-state index in [4.69, 9.17) is 9.84 Å². The fourth-order valence-electron chi connectivity index (χ4n) is 2.91. The molecule has 0 radical (unpaired) electrons. The van der Waals surface area contributed by atoms with Crippen molar-refractivity contribution in [2.24, 2.45) is 5.92 Å². The lowest BCUT2D eigenvalue weighted by atomic mass is 9.88. The van der Waals surface area contributed by atoms with Gasteiger partial charge in [-0.25, -0.2) is 4.79 Å². The number of hydrogen-bond acceptors (Lipinski definition) is 5. The van der Waals surface area contributed by atoms with Crippen molar-refractivity contribution in [3.63, 3.8) is 0 Å². The normalized spacial score (nSPS) is 16.2. The van der Waals surface area contributed by atoms with Crippen LogP contribution in [0.25, 0.3) is 0 Å². The first-order valence-electron chi connectivity index (χ1n) is 8.75. The molecule has 0 saturated carbocycles. The Morgan fingerprint density at radius 2 is 2.08 bits per heavy atom. The summed E-state index contributed by atoms with van der Waals surface area (Å²) in [5, 5.41) is 12.0. The molecule has 7 heteroatoms. The minimum absolute atomic E-state index is 0.0444. The molecule has 0 fully saturated rings. The molecule has 2 rings (SSSR count). The van der Waals surface area contributed by atoms with Gasteiger partial charge in [0.1, 0.15) is 5.00 Å². The van der Waals surface area contributed by atoms with Gasteiger partial charge in [-0.2, -0.15) is 0 Å². The first-order chi connectivity index (χ1) is 11.9. The van der Waals surface area contributed by atoms with Crippen LogP contribution in [0.5, 0.6) is 0 Å². The largest absolute Gasteiger partial charge is 0.481 e. The highest BCUT2D eigenvalue weighted by atomic mass is 32.1. The third-order valence-electron chi connectivity index (χ3n) is 4.20. The first kappa shape index (κ1) is 19.4. The summed E-state index contributed by atoms with van der Waals surface area (Å²) < 4.78 is 5.30. The van der Waals surface area contributed by atoms with Gasteiger partial charge < -0.3 is 15.2 Å². The lowest BCUT2D eigenvalue weighted by molar-refractivity contribution is -0.137. The summed E-state index contributed by atoms with van der Waals surface area (Å²) in [6.45, 7) is 4.47. The van der Waals surface area contributed by atoms with Crippen LogP contribution in [0.15, 0.2) is 0 Å². The van der Waals surface area contributed by atoms with E-state index < -0.39 is 5.97 Å². The molecule has 1 aliphatic carbocycles. The number of aliphatic carboxylic acids is 1. The molecule has 138 valence electrons.